The molecule has 5 rings (SSSR count). The number of fused-ring (bicyclic) bond motifs is 4. The third-order valence-electron chi connectivity index (χ3n) is 5.73. The molecule has 4 aromatic rings. The minimum atomic E-state index is -0.611. The number of hydrogen-bond donors (Lipinski definition) is 0. The summed E-state index contributed by atoms with van der Waals surface area (Å²) in [5.74, 6) is 0.322. The van der Waals surface area contributed by atoms with Gasteiger partial charge >= 0.3 is 17.2 Å². The van der Waals surface area contributed by atoms with Crippen molar-refractivity contribution >= 4 is 27.9 Å². The summed E-state index contributed by atoms with van der Waals surface area (Å²) in [5, 5.41) is 1.53. The fourth-order valence-corrected chi connectivity index (χ4v) is 4.15. The molecule has 0 bridgehead atoms. The van der Waals surface area contributed by atoms with E-state index in [1.165, 1.54) is 13.2 Å². The second-order valence-corrected chi connectivity index (χ2v) is 7.76. The standard InChI is InChI=1S/C25H20O8/c1-29-15-5-7-17-14(9-23(26)32-21(17)10-15)12-31-24(27)13-30-16-6-8-19-18-3-2-4-20(18)25(28)33-22(19)11-16/h5-11H,2-4,12-13H2,1H3. The summed E-state index contributed by atoms with van der Waals surface area (Å²) in [7, 11) is 1.51. The summed E-state index contributed by atoms with van der Waals surface area (Å²) < 4.78 is 26.6. The highest BCUT2D eigenvalue weighted by Crippen LogP contribution is 2.29. The van der Waals surface area contributed by atoms with Crippen molar-refractivity contribution in [1.29, 1.82) is 0 Å². The Morgan fingerprint density at radius 1 is 0.909 bits per heavy atom. The van der Waals surface area contributed by atoms with Gasteiger partial charge in [0.1, 0.15) is 29.3 Å². The maximum atomic E-state index is 12.2. The van der Waals surface area contributed by atoms with Crippen LogP contribution in [0.1, 0.15) is 23.1 Å². The van der Waals surface area contributed by atoms with Gasteiger partial charge in [-0.25, -0.2) is 14.4 Å². The summed E-state index contributed by atoms with van der Waals surface area (Å²) in [6.45, 7) is -0.455. The highest BCUT2D eigenvalue weighted by atomic mass is 16.6. The number of carbonyl (C=O) groups is 1. The third kappa shape index (κ3) is 4.07. The molecule has 0 amide bonds. The molecule has 0 saturated heterocycles. The summed E-state index contributed by atoms with van der Waals surface area (Å²) >= 11 is 0. The van der Waals surface area contributed by atoms with Gasteiger partial charge in [0.15, 0.2) is 6.61 Å². The molecule has 168 valence electrons. The first-order chi connectivity index (χ1) is 16.0. The maximum Gasteiger partial charge on any atom is 0.344 e. The molecule has 0 radical (unpaired) electrons. The van der Waals surface area contributed by atoms with E-state index in [-0.39, 0.29) is 18.8 Å². The van der Waals surface area contributed by atoms with E-state index in [4.69, 9.17) is 23.0 Å². The van der Waals surface area contributed by atoms with Gasteiger partial charge in [0.2, 0.25) is 0 Å². The Bertz CT molecular complexity index is 1490. The lowest BCUT2D eigenvalue weighted by Crippen LogP contribution is -2.15. The Hall–Kier alpha value is -4.07. The number of aryl methyl sites for hydroxylation is 1. The van der Waals surface area contributed by atoms with Crippen LogP contribution < -0.4 is 20.7 Å². The van der Waals surface area contributed by atoms with Crippen LogP contribution in [0.2, 0.25) is 0 Å². The largest absolute Gasteiger partial charge is 0.497 e. The van der Waals surface area contributed by atoms with Crippen molar-refractivity contribution < 1.29 is 27.8 Å². The fraction of sp³-hybridized carbons (Fsp3) is 0.240. The third-order valence-corrected chi connectivity index (χ3v) is 5.73. The molecule has 1 aliphatic carbocycles. The number of methoxy groups -OCH3 is 1. The van der Waals surface area contributed by atoms with Gasteiger partial charge in [0.05, 0.1) is 7.11 Å². The van der Waals surface area contributed by atoms with Crippen LogP contribution in [0.4, 0.5) is 0 Å². The van der Waals surface area contributed by atoms with Gasteiger partial charge in [0.25, 0.3) is 0 Å². The first kappa shape index (κ1) is 20.8. The zero-order chi connectivity index (χ0) is 22.9. The molecule has 0 atom stereocenters. The first-order valence-corrected chi connectivity index (χ1v) is 10.5. The summed E-state index contributed by atoms with van der Waals surface area (Å²) in [6.07, 6.45) is 2.53. The van der Waals surface area contributed by atoms with Crippen molar-refractivity contribution in [2.24, 2.45) is 0 Å². The van der Waals surface area contributed by atoms with Crippen LogP contribution >= 0.6 is 0 Å². The number of rotatable bonds is 6. The van der Waals surface area contributed by atoms with Gasteiger partial charge in [0, 0.05) is 40.1 Å². The van der Waals surface area contributed by atoms with Crippen LogP contribution in [0.5, 0.6) is 11.5 Å². The van der Waals surface area contributed by atoms with Gasteiger partial charge in [-0.1, -0.05) is 0 Å². The second kappa shape index (κ2) is 8.46. The smallest absolute Gasteiger partial charge is 0.344 e. The SMILES string of the molecule is COc1ccc2c(COC(=O)COc3ccc4c5c(c(=O)oc4c3)CCC5)cc(=O)oc2c1. The molecule has 0 fully saturated rings. The topological polar surface area (TPSA) is 105 Å². The Kier molecular flexibility index (Phi) is 5.34. The average molecular weight is 448 g/mol. The van der Waals surface area contributed by atoms with E-state index in [0.717, 1.165) is 35.8 Å². The number of ether oxygens (including phenoxy) is 3. The molecule has 2 aromatic carbocycles. The lowest BCUT2D eigenvalue weighted by molar-refractivity contribution is -0.147. The van der Waals surface area contributed by atoms with E-state index in [9.17, 15) is 14.4 Å². The molecule has 0 unspecified atom stereocenters. The molecule has 2 heterocycles. The van der Waals surface area contributed by atoms with Crippen molar-refractivity contribution in [3.05, 3.63) is 80.0 Å². The van der Waals surface area contributed by atoms with Crippen LogP contribution in [0.25, 0.3) is 21.9 Å². The molecule has 8 heteroatoms. The van der Waals surface area contributed by atoms with E-state index in [0.29, 0.717) is 33.6 Å². The van der Waals surface area contributed by atoms with Crippen molar-refractivity contribution in [3.8, 4) is 11.5 Å². The highest BCUT2D eigenvalue weighted by Gasteiger charge is 2.20. The zero-order valence-corrected chi connectivity index (χ0v) is 17.8. The van der Waals surface area contributed by atoms with E-state index in [1.54, 1.807) is 30.3 Å². The van der Waals surface area contributed by atoms with Crippen molar-refractivity contribution in [3.63, 3.8) is 0 Å². The normalized spacial score (nSPS) is 12.6. The van der Waals surface area contributed by atoms with E-state index >= 15 is 0 Å². The van der Waals surface area contributed by atoms with Gasteiger partial charge in [-0.15, -0.1) is 0 Å². The Morgan fingerprint density at radius 2 is 1.64 bits per heavy atom. The Labute approximate surface area is 187 Å². The quantitative estimate of drug-likeness (QED) is 0.326. The van der Waals surface area contributed by atoms with Crippen LogP contribution in [0, 0.1) is 0 Å². The molecule has 0 spiro atoms. The van der Waals surface area contributed by atoms with E-state index in [2.05, 4.69) is 0 Å². The van der Waals surface area contributed by atoms with Crippen LogP contribution in [-0.2, 0) is 29.0 Å². The van der Waals surface area contributed by atoms with Crippen molar-refractivity contribution in [2.75, 3.05) is 13.7 Å². The molecular weight excluding hydrogens is 428 g/mol. The second-order valence-electron chi connectivity index (χ2n) is 7.76. The van der Waals surface area contributed by atoms with Crippen molar-refractivity contribution in [2.45, 2.75) is 25.9 Å². The number of hydrogen-bond acceptors (Lipinski definition) is 8. The van der Waals surface area contributed by atoms with Gasteiger partial charge in [-0.2, -0.15) is 0 Å². The molecule has 33 heavy (non-hydrogen) atoms. The summed E-state index contributed by atoms with van der Waals surface area (Å²) in [5.41, 5.74) is 2.20. The summed E-state index contributed by atoms with van der Waals surface area (Å²) in [4.78, 5) is 36.3. The lowest BCUT2D eigenvalue weighted by atomic mass is 10.1. The average Bonchev–Trinajstić information content (AvgIpc) is 3.31. The number of carbonyl (C=O) groups excluding carboxylic acids is 1. The summed E-state index contributed by atoms with van der Waals surface area (Å²) in [6, 6.07) is 11.5. The highest BCUT2D eigenvalue weighted by molar-refractivity contribution is 5.83. The predicted molar refractivity (Wildman–Crippen MR) is 119 cm³/mol. The molecule has 0 N–H and O–H groups in total. The molecule has 1 aliphatic rings. The van der Waals surface area contributed by atoms with Crippen LogP contribution in [0.3, 0.4) is 0 Å². The minimum Gasteiger partial charge on any atom is -0.497 e. The predicted octanol–water partition coefficient (Wildman–Crippen LogP) is 3.52. The van der Waals surface area contributed by atoms with Crippen molar-refractivity contribution in [1.82, 2.24) is 0 Å². The van der Waals surface area contributed by atoms with Crippen LogP contribution in [0.15, 0.2) is 60.9 Å². The number of esters is 1. The van der Waals surface area contributed by atoms with Crippen LogP contribution in [-0.4, -0.2) is 19.7 Å². The molecule has 0 aliphatic heterocycles. The Morgan fingerprint density at radius 3 is 2.48 bits per heavy atom. The number of benzene rings is 2. The molecule has 0 saturated carbocycles. The fourth-order valence-electron chi connectivity index (χ4n) is 4.15. The first-order valence-electron chi connectivity index (χ1n) is 10.5. The molecule has 8 nitrogen and oxygen atoms in total. The van der Waals surface area contributed by atoms with E-state index in [1.807, 2.05) is 6.07 Å². The Balaban J connectivity index is 1.27. The molecule has 2 aromatic heterocycles. The van der Waals surface area contributed by atoms with E-state index < -0.39 is 11.6 Å². The lowest BCUT2D eigenvalue weighted by Gasteiger charge is -2.10. The maximum absolute atomic E-state index is 12.2. The van der Waals surface area contributed by atoms with Gasteiger partial charge in [-0.05, 0) is 49.1 Å². The zero-order valence-electron chi connectivity index (χ0n) is 17.8. The minimum absolute atomic E-state index is 0.116. The monoisotopic (exact) mass is 448 g/mol. The van der Waals surface area contributed by atoms with Gasteiger partial charge in [-0.3, -0.25) is 0 Å². The van der Waals surface area contributed by atoms with Gasteiger partial charge < -0.3 is 23.0 Å². The molecular formula is C25H20O8.